The quantitative estimate of drug-likeness (QED) is 0.854. The molecule has 1 aromatic heterocycles. The predicted octanol–water partition coefficient (Wildman–Crippen LogP) is 1.49. The van der Waals surface area contributed by atoms with Crippen LogP contribution >= 0.6 is 11.3 Å². The minimum atomic E-state index is -3.60. The largest absolute Gasteiger partial charge is 0.479 e. The average molecular weight is 331 g/mol. The molecule has 2 heterocycles. The van der Waals surface area contributed by atoms with Crippen molar-refractivity contribution in [3.8, 4) is 0 Å². The zero-order chi connectivity index (χ0) is 15.3. The van der Waals surface area contributed by atoms with Crippen LogP contribution in [0.4, 0.5) is 0 Å². The van der Waals surface area contributed by atoms with E-state index in [1.54, 1.807) is 13.0 Å². The lowest BCUT2D eigenvalue weighted by Gasteiger charge is -2.44. The molecule has 0 aromatic carbocycles. The molecule has 0 atom stereocenters. The second-order valence-electron chi connectivity index (χ2n) is 5.44. The molecule has 6 nitrogen and oxygen atoms in total. The third kappa shape index (κ3) is 2.50. The fourth-order valence-electron chi connectivity index (χ4n) is 2.45. The van der Waals surface area contributed by atoms with E-state index in [2.05, 4.69) is 0 Å². The van der Waals surface area contributed by atoms with Crippen molar-refractivity contribution in [2.24, 2.45) is 0 Å². The fraction of sp³-hybridized carbons (Fsp3) is 0.615. The number of carboxylic acids is 1. The third-order valence-corrected chi connectivity index (χ3v) is 7.36. The van der Waals surface area contributed by atoms with Crippen LogP contribution in [0.1, 0.15) is 30.6 Å². The molecule has 1 saturated heterocycles. The first-order valence-corrected chi connectivity index (χ1v) is 9.12. The number of rotatable bonds is 6. The van der Waals surface area contributed by atoms with Gasteiger partial charge >= 0.3 is 5.97 Å². The summed E-state index contributed by atoms with van der Waals surface area (Å²) in [7, 11) is -3.60. The Balaban J connectivity index is 1.76. The number of ether oxygens (including phenoxy) is 1. The lowest BCUT2D eigenvalue weighted by Crippen LogP contribution is -2.68. The lowest BCUT2D eigenvalue weighted by molar-refractivity contribution is -0.181. The van der Waals surface area contributed by atoms with Crippen molar-refractivity contribution < 1.29 is 23.1 Å². The first-order chi connectivity index (χ1) is 9.89. The first kappa shape index (κ1) is 15.0. The number of thiophene rings is 1. The van der Waals surface area contributed by atoms with Crippen LogP contribution < -0.4 is 0 Å². The molecular weight excluding hydrogens is 314 g/mol. The molecule has 1 saturated carbocycles. The van der Waals surface area contributed by atoms with Gasteiger partial charge in [-0.3, -0.25) is 0 Å². The molecule has 0 radical (unpaired) electrons. The molecule has 2 fully saturated rings. The molecule has 0 unspecified atom stereocenters. The highest BCUT2D eigenvalue weighted by molar-refractivity contribution is 7.91. The number of aliphatic carboxylic acids is 1. The number of carbonyl (C=O) groups is 1. The summed E-state index contributed by atoms with van der Waals surface area (Å²) in [5.41, 5.74) is -1.39. The van der Waals surface area contributed by atoms with Crippen LogP contribution in [0.3, 0.4) is 0 Å². The van der Waals surface area contributed by atoms with Crippen LogP contribution in [0.15, 0.2) is 16.3 Å². The van der Waals surface area contributed by atoms with Gasteiger partial charge in [0.25, 0.3) is 10.0 Å². The number of sulfonamides is 1. The number of hydrogen-bond donors (Lipinski definition) is 1. The Bertz CT molecular complexity index is 656. The monoisotopic (exact) mass is 331 g/mol. The Morgan fingerprint density at radius 1 is 1.48 bits per heavy atom. The van der Waals surface area contributed by atoms with E-state index in [0.29, 0.717) is 10.1 Å². The Kier molecular flexibility index (Phi) is 3.59. The molecule has 0 bridgehead atoms. The van der Waals surface area contributed by atoms with Crippen LogP contribution in [-0.4, -0.2) is 49.1 Å². The van der Waals surface area contributed by atoms with Gasteiger partial charge in [0.1, 0.15) is 4.21 Å². The number of hydrogen-bond acceptors (Lipinski definition) is 5. The smallest absolute Gasteiger partial charge is 0.338 e. The summed E-state index contributed by atoms with van der Waals surface area (Å²) < 4.78 is 31.7. The Hall–Kier alpha value is -0.960. The molecule has 1 aliphatic carbocycles. The number of nitrogens with zero attached hydrogens (tertiary/aromatic N) is 1. The Morgan fingerprint density at radius 2 is 2.14 bits per heavy atom. The van der Waals surface area contributed by atoms with Gasteiger partial charge in [-0.05, 0) is 37.8 Å². The molecule has 3 rings (SSSR count). The summed E-state index contributed by atoms with van der Waals surface area (Å²) in [6.07, 6.45) is 2.24. The van der Waals surface area contributed by atoms with Crippen LogP contribution in [0.5, 0.6) is 0 Å². The van der Waals surface area contributed by atoms with Gasteiger partial charge in [-0.2, -0.15) is 4.31 Å². The summed E-state index contributed by atoms with van der Waals surface area (Å²) in [6, 6.07) is 3.48. The van der Waals surface area contributed by atoms with Crippen molar-refractivity contribution in [1.29, 1.82) is 0 Å². The van der Waals surface area contributed by atoms with Crippen molar-refractivity contribution >= 4 is 27.3 Å². The Morgan fingerprint density at radius 3 is 2.67 bits per heavy atom. The van der Waals surface area contributed by atoms with E-state index in [4.69, 9.17) is 4.74 Å². The van der Waals surface area contributed by atoms with Gasteiger partial charge in [-0.15, -0.1) is 11.3 Å². The predicted molar refractivity (Wildman–Crippen MR) is 77.0 cm³/mol. The van der Waals surface area contributed by atoms with E-state index in [1.165, 1.54) is 15.6 Å². The average Bonchev–Trinajstić information content (AvgIpc) is 3.09. The normalized spacial score (nSPS) is 22.0. The van der Waals surface area contributed by atoms with Gasteiger partial charge in [0.15, 0.2) is 5.60 Å². The third-order valence-electron chi connectivity index (χ3n) is 3.85. The van der Waals surface area contributed by atoms with E-state index < -0.39 is 21.6 Å². The minimum absolute atomic E-state index is 0.130. The molecule has 116 valence electrons. The van der Waals surface area contributed by atoms with Crippen LogP contribution in [0.2, 0.25) is 0 Å². The van der Waals surface area contributed by atoms with Crippen LogP contribution in [0, 0.1) is 0 Å². The van der Waals surface area contributed by atoms with Gasteiger partial charge in [-0.25, -0.2) is 13.2 Å². The summed E-state index contributed by atoms with van der Waals surface area (Å²) >= 11 is 1.29. The maximum atomic E-state index is 12.5. The van der Waals surface area contributed by atoms with E-state index in [9.17, 15) is 18.3 Å². The lowest BCUT2D eigenvalue weighted by atomic mass is 9.97. The topological polar surface area (TPSA) is 83.9 Å². The van der Waals surface area contributed by atoms with Gasteiger partial charge in [-0.1, -0.05) is 0 Å². The highest BCUT2D eigenvalue weighted by atomic mass is 32.2. The molecule has 1 aromatic rings. The van der Waals surface area contributed by atoms with Gasteiger partial charge in [0.2, 0.25) is 0 Å². The standard InChI is InChI=1S/C13H17NO5S2/c1-2-19-13(12(15)16)7-14(8-13)21(17,18)11-6-5-10(20-11)9-3-4-9/h5-6,9H,2-4,7-8H2,1H3,(H,15,16). The van der Waals surface area contributed by atoms with Crippen LogP contribution in [0.25, 0.3) is 0 Å². The van der Waals surface area contributed by atoms with Gasteiger partial charge in [0, 0.05) is 11.5 Å². The molecular formula is C13H17NO5S2. The number of carboxylic acid groups (broad SMARTS) is 1. The molecule has 8 heteroatoms. The minimum Gasteiger partial charge on any atom is -0.479 e. The zero-order valence-electron chi connectivity index (χ0n) is 11.6. The molecule has 21 heavy (non-hydrogen) atoms. The highest BCUT2D eigenvalue weighted by Gasteiger charge is 2.55. The zero-order valence-corrected chi connectivity index (χ0v) is 13.2. The van der Waals surface area contributed by atoms with Crippen molar-refractivity contribution in [2.75, 3.05) is 19.7 Å². The summed E-state index contributed by atoms with van der Waals surface area (Å²) in [5.74, 6) is -0.600. The maximum Gasteiger partial charge on any atom is 0.338 e. The molecule has 2 aliphatic rings. The maximum absolute atomic E-state index is 12.5. The van der Waals surface area contributed by atoms with E-state index >= 15 is 0 Å². The Labute approximate surface area is 127 Å². The molecule has 1 N–H and O–H groups in total. The highest BCUT2D eigenvalue weighted by Crippen LogP contribution is 2.44. The van der Waals surface area contributed by atoms with Crippen molar-refractivity contribution in [1.82, 2.24) is 4.31 Å². The summed E-state index contributed by atoms with van der Waals surface area (Å²) in [5, 5.41) is 9.21. The molecule has 1 aliphatic heterocycles. The SMILES string of the molecule is CCOC1(C(=O)O)CN(S(=O)(=O)c2ccc(C3CC3)s2)C1. The van der Waals surface area contributed by atoms with Crippen LogP contribution in [-0.2, 0) is 19.6 Å². The van der Waals surface area contributed by atoms with Crippen molar-refractivity contribution in [3.63, 3.8) is 0 Å². The molecule has 0 amide bonds. The van der Waals surface area contributed by atoms with Crippen molar-refractivity contribution in [3.05, 3.63) is 17.0 Å². The summed E-state index contributed by atoms with van der Waals surface area (Å²) in [6.45, 7) is 1.68. The fourth-order valence-corrected chi connectivity index (χ4v) is 5.63. The van der Waals surface area contributed by atoms with E-state index in [0.717, 1.165) is 17.7 Å². The van der Waals surface area contributed by atoms with E-state index in [1.807, 2.05) is 6.07 Å². The molecule has 0 spiro atoms. The summed E-state index contributed by atoms with van der Waals surface area (Å²) in [4.78, 5) is 12.4. The van der Waals surface area contributed by atoms with Gasteiger partial charge < -0.3 is 9.84 Å². The van der Waals surface area contributed by atoms with Gasteiger partial charge in [0.05, 0.1) is 13.1 Å². The second kappa shape index (κ2) is 5.05. The first-order valence-electron chi connectivity index (χ1n) is 6.86. The van der Waals surface area contributed by atoms with Crippen molar-refractivity contribution in [2.45, 2.75) is 35.5 Å². The van der Waals surface area contributed by atoms with E-state index in [-0.39, 0.29) is 19.7 Å². The second-order valence-corrected chi connectivity index (χ2v) is 8.72.